The summed E-state index contributed by atoms with van der Waals surface area (Å²) < 4.78 is 7.66. The molecule has 19 heavy (non-hydrogen) atoms. The van der Waals surface area contributed by atoms with E-state index >= 15 is 0 Å². The lowest BCUT2D eigenvalue weighted by atomic mass is 10.3. The largest absolute Gasteiger partial charge is 0.465 e. The molecule has 0 amide bonds. The maximum Gasteiger partial charge on any atom is 0.327 e. The lowest BCUT2D eigenvalue weighted by Gasteiger charge is -2.05. The van der Waals surface area contributed by atoms with Gasteiger partial charge in [-0.2, -0.15) is 5.10 Å². The number of nitrogens with zero attached hydrogens (tertiary/aromatic N) is 4. The van der Waals surface area contributed by atoms with E-state index in [9.17, 15) is 9.59 Å². The topological polar surface area (TPSA) is 78.5 Å². The Labute approximate surface area is 117 Å². The van der Waals surface area contributed by atoms with Gasteiger partial charge in [0, 0.05) is 0 Å². The van der Waals surface area contributed by atoms with Crippen LogP contribution in [0.1, 0.15) is 19.5 Å². The second-order valence-electron chi connectivity index (χ2n) is 3.82. The molecule has 0 spiro atoms. The molecule has 0 unspecified atom stereocenters. The summed E-state index contributed by atoms with van der Waals surface area (Å²) in [5.41, 5.74) is 0.792. The van der Waals surface area contributed by atoms with E-state index in [1.807, 2.05) is 6.92 Å². The van der Waals surface area contributed by atoms with Crippen molar-refractivity contribution in [2.45, 2.75) is 26.8 Å². The number of aromatic nitrogens is 4. The van der Waals surface area contributed by atoms with Gasteiger partial charge in [0.2, 0.25) is 4.73 Å². The first-order valence-electron chi connectivity index (χ1n) is 5.87. The van der Waals surface area contributed by atoms with Gasteiger partial charge in [0.25, 0.3) is 5.56 Å². The van der Waals surface area contributed by atoms with Gasteiger partial charge in [0.05, 0.1) is 12.3 Å². The van der Waals surface area contributed by atoms with Gasteiger partial charge in [-0.1, -0.05) is 6.92 Å². The molecule has 2 aromatic heterocycles. The number of fused-ring (bicyclic) bond motifs is 1. The predicted octanol–water partition coefficient (Wildman–Crippen LogP) is 0.779. The average molecular weight is 329 g/mol. The summed E-state index contributed by atoms with van der Waals surface area (Å²) >= 11 is 3.23. The molecule has 8 heteroatoms. The third kappa shape index (κ3) is 2.67. The first-order chi connectivity index (χ1) is 9.06. The molecule has 0 aliphatic carbocycles. The minimum absolute atomic E-state index is 0.214. The average Bonchev–Trinajstić information content (AvgIpc) is 2.81. The van der Waals surface area contributed by atoms with Crippen LogP contribution in [0.2, 0.25) is 0 Å². The predicted molar refractivity (Wildman–Crippen MR) is 71.0 cm³/mol. The number of hydrogen-bond acceptors (Lipinski definition) is 5. The first kappa shape index (κ1) is 13.7. The summed E-state index contributed by atoms with van der Waals surface area (Å²) in [4.78, 5) is 23.6. The second kappa shape index (κ2) is 5.52. The van der Waals surface area contributed by atoms with Crippen LogP contribution in [-0.2, 0) is 22.5 Å². The first-order valence-corrected chi connectivity index (χ1v) is 6.67. The lowest BCUT2D eigenvalue weighted by molar-refractivity contribution is -0.144. The van der Waals surface area contributed by atoms with Crippen LogP contribution in [-0.4, -0.2) is 32.0 Å². The summed E-state index contributed by atoms with van der Waals surface area (Å²) in [6.07, 6.45) is 0.714. The number of esters is 1. The minimum Gasteiger partial charge on any atom is -0.465 e. The van der Waals surface area contributed by atoms with Crippen LogP contribution in [0.5, 0.6) is 0 Å². The maximum absolute atomic E-state index is 12.2. The van der Waals surface area contributed by atoms with E-state index < -0.39 is 5.97 Å². The quantitative estimate of drug-likeness (QED) is 0.775. The molecule has 0 aromatic carbocycles. The van der Waals surface area contributed by atoms with Crippen LogP contribution >= 0.6 is 15.9 Å². The molecule has 0 radical (unpaired) electrons. The van der Waals surface area contributed by atoms with E-state index in [-0.39, 0.29) is 18.7 Å². The van der Waals surface area contributed by atoms with Gasteiger partial charge in [0.15, 0.2) is 0 Å². The molecule has 102 valence electrons. The molecule has 0 aliphatic rings. The highest BCUT2D eigenvalue weighted by molar-refractivity contribution is 9.10. The van der Waals surface area contributed by atoms with E-state index in [1.165, 1.54) is 4.52 Å². The van der Waals surface area contributed by atoms with Crippen molar-refractivity contribution in [3.8, 4) is 0 Å². The van der Waals surface area contributed by atoms with Crippen molar-refractivity contribution in [3.05, 3.63) is 26.8 Å². The molecule has 0 N–H and O–H groups in total. The zero-order valence-electron chi connectivity index (χ0n) is 10.6. The van der Waals surface area contributed by atoms with E-state index in [0.29, 0.717) is 16.7 Å². The Morgan fingerprint density at radius 3 is 2.79 bits per heavy atom. The molecule has 0 saturated heterocycles. The number of aryl methyl sites for hydroxylation is 1. The summed E-state index contributed by atoms with van der Waals surface area (Å²) in [6.45, 7) is 3.70. The van der Waals surface area contributed by atoms with Gasteiger partial charge < -0.3 is 4.74 Å². The third-order valence-electron chi connectivity index (χ3n) is 2.54. The molecule has 2 aromatic rings. The zero-order valence-corrected chi connectivity index (χ0v) is 12.2. The Bertz CT molecular complexity index is 676. The highest BCUT2D eigenvalue weighted by Gasteiger charge is 2.14. The van der Waals surface area contributed by atoms with Gasteiger partial charge >= 0.3 is 5.97 Å². The molecular weight excluding hydrogens is 316 g/mol. The summed E-state index contributed by atoms with van der Waals surface area (Å²) in [5.74, 6) is -0.497. The molecule has 0 saturated carbocycles. The highest BCUT2D eigenvalue weighted by Crippen LogP contribution is 2.09. The van der Waals surface area contributed by atoms with Gasteiger partial charge in [-0.15, -0.1) is 5.10 Å². The van der Waals surface area contributed by atoms with Crippen LogP contribution < -0.4 is 5.56 Å². The Kier molecular flexibility index (Phi) is 3.98. The van der Waals surface area contributed by atoms with Crippen molar-refractivity contribution in [1.82, 2.24) is 19.4 Å². The second-order valence-corrected chi connectivity index (χ2v) is 4.53. The summed E-state index contributed by atoms with van der Waals surface area (Å²) in [6, 6.07) is 1.69. The van der Waals surface area contributed by atoms with Gasteiger partial charge in [-0.3, -0.25) is 9.59 Å². The summed E-state index contributed by atoms with van der Waals surface area (Å²) in [5, 5.41) is 8.22. The van der Waals surface area contributed by atoms with Crippen molar-refractivity contribution in [3.63, 3.8) is 0 Å². The molecule has 2 heterocycles. The molecule has 2 rings (SSSR count). The Balaban J connectivity index is 2.49. The van der Waals surface area contributed by atoms with E-state index in [4.69, 9.17) is 4.74 Å². The number of carbonyl (C=O) groups excluding carboxylic acids is 1. The molecular formula is C11H13BrN4O3. The molecule has 0 aliphatic heterocycles. The number of ether oxygens (including phenoxy) is 1. The van der Waals surface area contributed by atoms with Crippen molar-refractivity contribution >= 4 is 27.4 Å². The third-order valence-corrected chi connectivity index (χ3v) is 3.03. The van der Waals surface area contributed by atoms with Gasteiger partial charge in [-0.05, 0) is 35.3 Å². The highest BCUT2D eigenvalue weighted by atomic mass is 79.9. The lowest BCUT2D eigenvalue weighted by Crippen LogP contribution is -2.29. The molecule has 0 atom stereocenters. The molecule has 0 bridgehead atoms. The van der Waals surface area contributed by atoms with Crippen molar-refractivity contribution < 1.29 is 9.53 Å². The monoisotopic (exact) mass is 328 g/mol. The van der Waals surface area contributed by atoms with Gasteiger partial charge in [-0.25, -0.2) is 9.20 Å². The van der Waals surface area contributed by atoms with Crippen molar-refractivity contribution in [2.24, 2.45) is 0 Å². The van der Waals surface area contributed by atoms with Crippen LogP contribution in [0.25, 0.3) is 5.52 Å². The minimum atomic E-state index is -0.497. The standard InChI is InChI=1S/C11H13BrN4O3/c1-3-7-5-8-10(18)15(6-9(17)19-4-2)14-11(12)16(8)13-7/h5H,3-4,6H2,1-2H3. The number of hydrogen-bond donors (Lipinski definition) is 0. The Morgan fingerprint density at radius 2 is 2.16 bits per heavy atom. The zero-order chi connectivity index (χ0) is 14.0. The molecule has 7 nitrogen and oxygen atoms in total. The van der Waals surface area contributed by atoms with Crippen molar-refractivity contribution in [1.29, 1.82) is 0 Å². The number of halogens is 1. The Hall–Kier alpha value is -1.70. The number of rotatable bonds is 4. The summed E-state index contributed by atoms with van der Waals surface area (Å²) in [7, 11) is 0. The Morgan fingerprint density at radius 1 is 1.42 bits per heavy atom. The van der Waals surface area contributed by atoms with Crippen LogP contribution in [0.15, 0.2) is 15.6 Å². The number of carbonyl (C=O) groups is 1. The van der Waals surface area contributed by atoms with E-state index in [0.717, 1.165) is 10.4 Å². The fourth-order valence-corrected chi connectivity index (χ4v) is 2.11. The fourth-order valence-electron chi connectivity index (χ4n) is 1.65. The fraction of sp³-hybridized carbons (Fsp3) is 0.455. The van der Waals surface area contributed by atoms with E-state index in [1.54, 1.807) is 13.0 Å². The van der Waals surface area contributed by atoms with Gasteiger partial charge in [0.1, 0.15) is 12.1 Å². The van der Waals surface area contributed by atoms with Crippen LogP contribution in [0.4, 0.5) is 0 Å². The smallest absolute Gasteiger partial charge is 0.327 e. The van der Waals surface area contributed by atoms with Crippen molar-refractivity contribution in [2.75, 3.05) is 6.61 Å². The van der Waals surface area contributed by atoms with Crippen LogP contribution in [0.3, 0.4) is 0 Å². The SMILES string of the molecule is CCOC(=O)Cn1nc(Br)n2nc(CC)cc2c1=O. The van der Waals surface area contributed by atoms with Crippen LogP contribution in [0, 0.1) is 0 Å². The molecule has 0 fully saturated rings. The van der Waals surface area contributed by atoms with E-state index in [2.05, 4.69) is 26.1 Å². The maximum atomic E-state index is 12.2. The normalized spacial score (nSPS) is 10.9.